The number of hydrogen-bond acceptors (Lipinski definition) is 2. The predicted molar refractivity (Wildman–Crippen MR) is 144 cm³/mol. The summed E-state index contributed by atoms with van der Waals surface area (Å²) in [4.78, 5) is 9.05. The van der Waals surface area contributed by atoms with E-state index in [1.54, 1.807) is 0 Å². The Morgan fingerprint density at radius 1 is 0.261 bits per heavy atom. The molecule has 0 radical (unpaired) electrons. The van der Waals surface area contributed by atoms with Gasteiger partial charge in [0.25, 0.3) is 0 Å². The summed E-state index contributed by atoms with van der Waals surface area (Å²) >= 11 is 0. The highest BCUT2D eigenvalue weighted by Crippen LogP contribution is 2.41. The number of nitrogens with zero attached hydrogens (tertiary/aromatic N) is 2. The van der Waals surface area contributed by atoms with Crippen LogP contribution in [-0.2, 0) is 24.7 Å². The van der Waals surface area contributed by atoms with Crippen molar-refractivity contribution in [2.75, 3.05) is 0 Å². The van der Waals surface area contributed by atoms with Crippen LogP contribution >= 0.6 is 0 Å². The smallest absolute Gasteiger partial charge is 0.243 e. The molecule has 0 saturated heterocycles. The summed E-state index contributed by atoms with van der Waals surface area (Å²) in [7, 11) is 0. The molecule has 5 rings (SSSR count). The van der Waals surface area contributed by atoms with Crippen LogP contribution in [0, 0.1) is 0 Å². The minimum Gasteiger partial charge on any atom is -0.243 e. The van der Waals surface area contributed by atoms with Crippen molar-refractivity contribution in [2.24, 2.45) is 0 Å². The van der Waals surface area contributed by atoms with E-state index >= 15 is 0 Å². The molecule has 5 aromatic rings. The van der Waals surface area contributed by atoms with Crippen molar-refractivity contribution in [3.8, 4) is 45.0 Å². The summed E-state index contributed by atoms with van der Waals surface area (Å²) in [5.41, 5.74) is -4.64. The number of halogens is 12. The Balaban J connectivity index is 1.79. The van der Waals surface area contributed by atoms with Gasteiger partial charge in [0.1, 0.15) is 0 Å². The van der Waals surface area contributed by atoms with Gasteiger partial charge in [-0.25, -0.2) is 9.97 Å². The average Bonchev–Trinajstić information content (AvgIpc) is 2.99. The van der Waals surface area contributed by atoms with E-state index in [1.165, 1.54) is 0 Å². The third-order valence-electron chi connectivity index (χ3n) is 6.84. The Bertz CT molecular complexity index is 1560. The molecular formula is C32H16F12N2. The first kappa shape index (κ1) is 32.5. The Morgan fingerprint density at radius 2 is 0.413 bits per heavy atom. The van der Waals surface area contributed by atoms with Gasteiger partial charge in [0.15, 0.2) is 0 Å². The first-order chi connectivity index (χ1) is 21.3. The summed E-state index contributed by atoms with van der Waals surface area (Å²) in [6.45, 7) is 0. The predicted octanol–water partition coefficient (Wildman–Crippen LogP) is 11.2. The Hall–Kier alpha value is -4.88. The molecule has 0 fully saturated rings. The lowest BCUT2D eigenvalue weighted by molar-refractivity contribution is -0.138. The second-order valence-electron chi connectivity index (χ2n) is 9.92. The van der Waals surface area contributed by atoms with E-state index in [0.717, 1.165) is 97.1 Å². The molecule has 0 aliphatic rings. The summed E-state index contributed by atoms with van der Waals surface area (Å²) in [5.74, 6) is 0. The van der Waals surface area contributed by atoms with Crippen molar-refractivity contribution in [1.82, 2.24) is 9.97 Å². The van der Waals surface area contributed by atoms with Gasteiger partial charge in [-0.1, -0.05) is 48.5 Å². The van der Waals surface area contributed by atoms with E-state index in [-0.39, 0.29) is 45.0 Å². The lowest BCUT2D eigenvalue weighted by Gasteiger charge is -2.17. The van der Waals surface area contributed by atoms with E-state index < -0.39 is 47.0 Å². The van der Waals surface area contributed by atoms with Gasteiger partial charge in [0.2, 0.25) is 0 Å². The molecule has 1 heterocycles. The fraction of sp³-hybridized carbons (Fsp3) is 0.125. The zero-order valence-corrected chi connectivity index (χ0v) is 22.7. The van der Waals surface area contributed by atoms with Crippen molar-refractivity contribution in [2.45, 2.75) is 24.7 Å². The van der Waals surface area contributed by atoms with Gasteiger partial charge in [0, 0.05) is 22.3 Å². The van der Waals surface area contributed by atoms with Crippen molar-refractivity contribution in [3.63, 3.8) is 0 Å². The molecule has 0 aliphatic heterocycles. The molecule has 0 saturated carbocycles. The Kier molecular flexibility index (Phi) is 8.12. The van der Waals surface area contributed by atoms with Crippen molar-refractivity contribution in [1.29, 1.82) is 0 Å². The number of alkyl halides is 12. The van der Waals surface area contributed by atoms with E-state index in [1.807, 2.05) is 0 Å². The van der Waals surface area contributed by atoms with Crippen LogP contribution in [0.3, 0.4) is 0 Å². The molecule has 0 amide bonds. The van der Waals surface area contributed by atoms with Gasteiger partial charge in [0.05, 0.1) is 45.0 Å². The summed E-state index contributed by atoms with van der Waals surface area (Å²) in [6, 6.07) is 14.1. The Labute approximate surface area is 252 Å². The quantitative estimate of drug-likeness (QED) is 0.180. The molecule has 1 aromatic heterocycles. The van der Waals surface area contributed by atoms with Gasteiger partial charge in [-0.05, 0) is 48.5 Å². The van der Waals surface area contributed by atoms with Crippen LogP contribution < -0.4 is 0 Å². The monoisotopic (exact) mass is 656 g/mol. The van der Waals surface area contributed by atoms with E-state index in [4.69, 9.17) is 0 Å². The largest absolute Gasteiger partial charge is 0.416 e. The standard InChI is InChI=1S/C32H16F12N2/c33-29(34,35)21-9-1-17(2-10-21)25-26(18-3-11-22(12-4-18)30(36,37)38)46-28(20-7-15-24(16-8-20)32(42,43)44)27(45-25)19-5-13-23(14-6-19)31(39,40)41/h1-16H. The highest BCUT2D eigenvalue weighted by atomic mass is 19.4. The second-order valence-corrected chi connectivity index (χ2v) is 9.92. The van der Waals surface area contributed by atoms with E-state index in [0.29, 0.717) is 0 Å². The maximum absolute atomic E-state index is 13.3. The first-order valence-electron chi connectivity index (χ1n) is 12.9. The van der Waals surface area contributed by atoms with E-state index in [9.17, 15) is 52.7 Å². The molecule has 0 aliphatic carbocycles. The first-order valence-corrected chi connectivity index (χ1v) is 12.9. The molecular weight excluding hydrogens is 640 g/mol. The highest BCUT2D eigenvalue weighted by molar-refractivity contribution is 5.86. The fourth-order valence-electron chi connectivity index (χ4n) is 4.51. The average molecular weight is 656 g/mol. The third-order valence-corrected chi connectivity index (χ3v) is 6.84. The number of aromatic nitrogens is 2. The molecule has 0 spiro atoms. The summed E-state index contributed by atoms with van der Waals surface area (Å²) in [6.07, 6.45) is -18.8. The third kappa shape index (κ3) is 6.85. The summed E-state index contributed by atoms with van der Waals surface area (Å²) in [5, 5.41) is 0. The maximum atomic E-state index is 13.3. The lowest BCUT2D eigenvalue weighted by atomic mass is 9.97. The van der Waals surface area contributed by atoms with Gasteiger partial charge >= 0.3 is 24.7 Å². The van der Waals surface area contributed by atoms with Gasteiger partial charge in [-0.2, -0.15) is 52.7 Å². The lowest BCUT2D eigenvalue weighted by Crippen LogP contribution is -2.07. The van der Waals surface area contributed by atoms with Crippen LogP contribution in [0.2, 0.25) is 0 Å². The normalized spacial score (nSPS) is 12.8. The van der Waals surface area contributed by atoms with Crippen LogP contribution in [0.25, 0.3) is 45.0 Å². The number of rotatable bonds is 4. The Morgan fingerprint density at radius 3 is 0.543 bits per heavy atom. The maximum Gasteiger partial charge on any atom is 0.416 e. The van der Waals surface area contributed by atoms with Crippen LogP contribution in [0.15, 0.2) is 97.1 Å². The fourth-order valence-corrected chi connectivity index (χ4v) is 4.51. The second kappa shape index (κ2) is 11.5. The van der Waals surface area contributed by atoms with Gasteiger partial charge < -0.3 is 0 Å². The van der Waals surface area contributed by atoms with Crippen LogP contribution in [0.1, 0.15) is 22.3 Å². The van der Waals surface area contributed by atoms with Crippen molar-refractivity contribution < 1.29 is 52.7 Å². The molecule has 0 unspecified atom stereocenters. The van der Waals surface area contributed by atoms with Gasteiger partial charge in [-0.3, -0.25) is 0 Å². The molecule has 4 aromatic carbocycles. The van der Waals surface area contributed by atoms with E-state index in [2.05, 4.69) is 9.97 Å². The van der Waals surface area contributed by atoms with Crippen LogP contribution in [0.4, 0.5) is 52.7 Å². The molecule has 2 nitrogen and oxygen atoms in total. The zero-order valence-electron chi connectivity index (χ0n) is 22.7. The van der Waals surface area contributed by atoms with Crippen molar-refractivity contribution >= 4 is 0 Å². The zero-order chi connectivity index (χ0) is 33.7. The molecule has 0 bridgehead atoms. The summed E-state index contributed by atoms with van der Waals surface area (Å²) < 4.78 is 159. The minimum absolute atomic E-state index is 0.0162. The topological polar surface area (TPSA) is 25.8 Å². The van der Waals surface area contributed by atoms with Crippen molar-refractivity contribution in [3.05, 3.63) is 119 Å². The molecule has 14 heteroatoms. The molecule has 46 heavy (non-hydrogen) atoms. The minimum atomic E-state index is -4.71. The van der Waals surface area contributed by atoms with Crippen LogP contribution in [-0.4, -0.2) is 9.97 Å². The highest BCUT2D eigenvalue weighted by Gasteiger charge is 2.33. The molecule has 0 atom stereocenters. The molecule has 238 valence electrons. The van der Waals surface area contributed by atoms with Crippen LogP contribution in [0.5, 0.6) is 0 Å². The molecule has 0 N–H and O–H groups in total. The van der Waals surface area contributed by atoms with Gasteiger partial charge in [-0.15, -0.1) is 0 Å². The number of hydrogen-bond donors (Lipinski definition) is 0. The SMILES string of the molecule is FC(F)(F)c1ccc(-c2nc(-c3ccc(C(F)(F)F)cc3)c(-c3ccc(C(F)(F)F)cc3)nc2-c2ccc(C(F)(F)F)cc2)cc1. The number of benzene rings is 4.